The molecule has 19 heavy (non-hydrogen) atoms. The van der Waals surface area contributed by atoms with Crippen LogP contribution in [-0.4, -0.2) is 20.8 Å². The van der Waals surface area contributed by atoms with Crippen molar-refractivity contribution in [3.05, 3.63) is 41.0 Å². The third kappa shape index (κ3) is 2.90. The van der Waals surface area contributed by atoms with Gasteiger partial charge in [0.2, 0.25) is 0 Å². The standard InChI is InChI=1S/C13H15N5S/c1-7-8(2)17-13(18-9(7)3)19-10-5-4-6-16-11(10)12(14)15/h4-6H,1-3H3,(H3,14,15). The predicted octanol–water partition coefficient (Wildman–Crippen LogP) is 2.23. The van der Waals surface area contributed by atoms with Crippen molar-refractivity contribution in [2.45, 2.75) is 30.8 Å². The lowest BCUT2D eigenvalue weighted by Gasteiger charge is -2.08. The van der Waals surface area contributed by atoms with Crippen LogP contribution in [0.4, 0.5) is 0 Å². The highest BCUT2D eigenvalue weighted by Gasteiger charge is 2.11. The van der Waals surface area contributed by atoms with Gasteiger partial charge in [0, 0.05) is 22.5 Å². The number of nitrogens with zero attached hydrogens (tertiary/aromatic N) is 3. The van der Waals surface area contributed by atoms with E-state index in [1.807, 2.05) is 32.9 Å². The van der Waals surface area contributed by atoms with Gasteiger partial charge in [0.1, 0.15) is 11.5 Å². The quantitative estimate of drug-likeness (QED) is 0.508. The Kier molecular flexibility index (Phi) is 3.80. The third-order valence-electron chi connectivity index (χ3n) is 2.84. The van der Waals surface area contributed by atoms with E-state index in [4.69, 9.17) is 11.1 Å². The first-order valence-electron chi connectivity index (χ1n) is 5.78. The van der Waals surface area contributed by atoms with Gasteiger partial charge in [-0.25, -0.2) is 9.97 Å². The normalized spacial score (nSPS) is 10.5. The maximum atomic E-state index is 7.52. The minimum atomic E-state index is -0.0522. The summed E-state index contributed by atoms with van der Waals surface area (Å²) >= 11 is 1.37. The molecule has 2 aromatic heterocycles. The summed E-state index contributed by atoms with van der Waals surface area (Å²) < 4.78 is 0. The summed E-state index contributed by atoms with van der Waals surface area (Å²) in [5.74, 6) is -0.0522. The molecule has 0 atom stereocenters. The number of pyridine rings is 1. The monoisotopic (exact) mass is 273 g/mol. The molecule has 0 aliphatic heterocycles. The van der Waals surface area contributed by atoms with Gasteiger partial charge in [-0.2, -0.15) is 0 Å². The Morgan fingerprint density at radius 1 is 1.21 bits per heavy atom. The molecule has 0 aromatic carbocycles. The number of rotatable bonds is 3. The van der Waals surface area contributed by atoms with Crippen LogP contribution in [0, 0.1) is 26.2 Å². The van der Waals surface area contributed by atoms with E-state index in [2.05, 4.69) is 15.0 Å². The summed E-state index contributed by atoms with van der Waals surface area (Å²) in [6.07, 6.45) is 1.62. The van der Waals surface area contributed by atoms with E-state index in [9.17, 15) is 0 Å². The molecule has 2 rings (SSSR count). The SMILES string of the molecule is Cc1nc(Sc2cccnc2C(=N)N)nc(C)c1C. The number of aryl methyl sites for hydroxylation is 2. The van der Waals surface area contributed by atoms with Crippen molar-refractivity contribution in [3.8, 4) is 0 Å². The molecule has 5 nitrogen and oxygen atoms in total. The largest absolute Gasteiger partial charge is 0.382 e. The van der Waals surface area contributed by atoms with Gasteiger partial charge in [-0.1, -0.05) is 0 Å². The molecule has 98 valence electrons. The molecule has 0 fully saturated rings. The van der Waals surface area contributed by atoms with Crippen LogP contribution < -0.4 is 5.73 Å². The molecule has 3 N–H and O–H groups in total. The second-order valence-corrected chi connectivity index (χ2v) is 5.18. The number of amidine groups is 1. The van der Waals surface area contributed by atoms with Crippen molar-refractivity contribution in [3.63, 3.8) is 0 Å². The highest BCUT2D eigenvalue weighted by Crippen LogP contribution is 2.27. The fraction of sp³-hybridized carbons (Fsp3) is 0.231. The first-order chi connectivity index (χ1) is 8.99. The summed E-state index contributed by atoms with van der Waals surface area (Å²) in [5, 5.41) is 8.17. The zero-order chi connectivity index (χ0) is 14.0. The fourth-order valence-corrected chi connectivity index (χ4v) is 2.53. The lowest BCUT2D eigenvalue weighted by Crippen LogP contribution is -2.14. The average molecular weight is 273 g/mol. The molecule has 0 aliphatic carbocycles. The maximum absolute atomic E-state index is 7.52. The molecule has 0 saturated carbocycles. The van der Waals surface area contributed by atoms with Crippen molar-refractivity contribution >= 4 is 17.6 Å². The molecule has 0 unspecified atom stereocenters. The molecule has 0 radical (unpaired) electrons. The second-order valence-electron chi connectivity index (χ2n) is 4.17. The summed E-state index contributed by atoms with van der Waals surface area (Å²) in [6, 6.07) is 3.67. The van der Waals surface area contributed by atoms with Crippen LogP contribution in [0.2, 0.25) is 0 Å². The Hall–Kier alpha value is -1.95. The summed E-state index contributed by atoms with van der Waals surface area (Å²) in [4.78, 5) is 13.8. The van der Waals surface area contributed by atoms with Gasteiger partial charge in [0.05, 0.1) is 0 Å². The molecule has 0 bridgehead atoms. The first kappa shape index (κ1) is 13.5. The van der Waals surface area contributed by atoms with Crippen LogP contribution in [0.1, 0.15) is 22.6 Å². The molecule has 0 aliphatic rings. The predicted molar refractivity (Wildman–Crippen MR) is 75.6 cm³/mol. The van der Waals surface area contributed by atoms with Gasteiger partial charge in [0.25, 0.3) is 0 Å². The lowest BCUT2D eigenvalue weighted by molar-refractivity contribution is 0.880. The fourth-order valence-electron chi connectivity index (χ4n) is 1.56. The number of nitrogens with one attached hydrogen (secondary N) is 1. The Bertz CT molecular complexity index is 616. The van der Waals surface area contributed by atoms with Crippen molar-refractivity contribution in [2.24, 2.45) is 5.73 Å². The molecular weight excluding hydrogens is 258 g/mol. The van der Waals surface area contributed by atoms with Gasteiger partial charge in [-0.3, -0.25) is 10.4 Å². The van der Waals surface area contributed by atoms with E-state index in [1.54, 1.807) is 6.20 Å². The highest BCUT2D eigenvalue weighted by atomic mass is 32.2. The number of hydrogen-bond donors (Lipinski definition) is 2. The number of hydrogen-bond acceptors (Lipinski definition) is 5. The molecule has 0 saturated heterocycles. The molecule has 0 amide bonds. The molecule has 0 spiro atoms. The number of nitrogens with two attached hydrogens (primary N) is 1. The van der Waals surface area contributed by atoms with E-state index in [1.165, 1.54) is 11.8 Å². The van der Waals surface area contributed by atoms with E-state index in [0.29, 0.717) is 10.9 Å². The molecule has 6 heteroatoms. The smallest absolute Gasteiger partial charge is 0.192 e. The Labute approximate surface area is 116 Å². The van der Waals surface area contributed by atoms with Crippen molar-refractivity contribution in [1.29, 1.82) is 5.41 Å². The first-order valence-corrected chi connectivity index (χ1v) is 6.59. The van der Waals surface area contributed by atoms with E-state index in [0.717, 1.165) is 21.8 Å². The number of nitrogen functional groups attached to an aromatic ring is 1. The summed E-state index contributed by atoms with van der Waals surface area (Å²) in [7, 11) is 0. The third-order valence-corrected chi connectivity index (χ3v) is 3.75. The van der Waals surface area contributed by atoms with Crippen LogP contribution in [0.25, 0.3) is 0 Å². The van der Waals surface area contributed by atoms with E-state index < -0.39 is 0 Å². The maximum Gasteiger partial charge on any atom is 0.192 e. The Balaban J connectivity index is 2.39. The minimum Gasteiger partial charge on any atom is -0.382 e. The van der Waals surface area contributed by atoms with Gasteiger partial charge in [-0.05, 0) is 50.2 Å². The number of aromatic nitrogens is 3. The second kappa shape index (κ2) is 5.36. The molecule has 2 aromatic rings. The minimum absolute atomic E-state index is 0.0522. The van der Waals surface area contributed by atoms with E-state index >= 15 is 0 Å². The Morgan fingerprint density at radius 3 is 2.42 bits per heavy atom. The van der Waals surface area contributed by atoms with Crippen molar-refractivity contribution < 1.29 is 0 Å². The van der Waals surface area contributed by atoms with Gasteiger partial charge < -0.3 is 5.73 Å². The van der Waals surface area contributed by atoms with Crippen molar-refractivity contribution in [2.75, 3.05) is 0 Å². The zero-order valence-electron chi connectivity index (χ0n) is 11.1. The Morgan fingerprint density at radius 2 is 1.84 bits per heavy atom. The van der Waals surface area contributed by atoms with Gasteiger partial charge in [-0.15, -0.1) is 0 Å². The van der Waals surface area contributed by atoms with Gasteiger partial charge >= 0.3 is 0 Å². The molecular formula is C13H15N5S. The van der Waals surface area contributed by atoms with E-state index in [-0.39, 0.29) is 5.84 Å². The van der Waals surface area contributed by atoms with Crippen molar-refractivity contribution in [1.82, 2.24) is 15.0 Å². The van der Waals surface area contributed by atoms with Crippen LogP contribution in [0.15, 0.2) is 28.4 Å². The van der Waals surface area contributed by atoms with Crippen LogP contribution in [0.5, 0.6) is 0 Å². The van der Waals surface area contributed by atoms with Crippen LogP contribution in [0.3, 0.4) is 0 Å². The zero-order valence-corrected chi connectivity index (χ0v) is 11.9. The van der Waals surface area contributed by atoms with Crippen LogP contribution in [-0.2, 0) is 0 Å². The summed E-state index contributed by atoms with van der Waals surface area (Å²) in [5.41, 5.74) is 9.01. The van der Waals surface area contributed by atoms with Gasteiger partial charge in [0.15, 0.2) is 5.16 Å². The average Bonchev–Trinajstić information content (AvgIpc) is 2.36. The van der Waals surface area contributed by atoms with Crippen LogP contribution >= 0.6 is 11.8 Å². The summed E-state index contributed by atoms with van der Waals surface area (Å²) in [6.45, 7) is 5.93. The highest BCUT2D eigenvalue weighted by molar-refractivity contribution is 7.99. The topological polar surface area (TPSA) is 88.5 Å². The molecule has 2 heterocycles. The lowest BCUT2D eigenvalue weighted by atomic mass is 10.2.